The van der Waals surface area contributed by atoms with Gasteiger partial charge in [0.15, 0.2) is 5.96 Å². The smallest absolute Gasteiger partial charge is 0.191 e. The van der Waals surface area contributed by atoms with Gasteiger partial charge >= 0.3 is 0 Å². The minimum Gasteiger partial charge on any atom is -0.377 e. The fraction of sp³-hybridized carbons (Fsp3) is 0.632. The molecule has 142 valence electrons. The summed E-state index contributed by atoms with van der Waals surface area (Å²) in [4.78, 5) is 4.26. The lowest BCUT2D eigenvalue weighted by atomic mass is 9.78. The molecule has 1 aliphatic heterocycles. The number of nitrogens with zero attached hydrogens (tertiary/aromatic N) is 1. The number of hydrogen-bond donors (Lipinski definition) is 2. The Morgan fingerprint density at radius 2 is 2.08 bits per heavy atom. The van der Waals surface area contributed by atoms with E-state index in [-0.39, 0.29) is 41.3 Å². The third-order valence-corrected chi connectivity index (χ3v) is 4.40. The molecule has 1 heterocycles. The van der Waals surface area contributed by atoms with Crippen molar-refractivity contribution in [2.45, 2.75) is 46.3 Å². The molecule has 2 unspecified atom stereocenters. The molecule has 2 rings (SSSR count). The van der Waals surface area contributed by atoms with Crippen LogP contribution < -0.4 is 10.6 Å². The lowest BCUT2D eigenvalue weighted by Gasteiger charge is -2.40. The van der Waals surface area contributed by atoms with Crippen molar-refractivity contribution in [3.8, 4) is 0 Å². The minimum absolute atomic E-state index is 0. The highest BCUT2D eigenvalue weighted by molar-refractivity contribution is 14.0. The predicted octanol–water partition coefficient (Wildman–Crippen LogP) is 3.95. The summed E-state index contributed by atoms with van der Waals surface area (Å²) in [5.41, 5.74) is 1.03. The van der Waals surface area contributed by atoms with Crippen molar-refractivity contribution in [2.24, 2.45) is 16.3 Å². The number of benzene rings is 1. The van der Waals surface area contributed by atoms with Gasteiger partial charge in [0.2, 0.25) is 0 Å². The van der Waals surface area contributed by atoms with Crippen molar-refractivity contribution >= 4 is 29.9 Å². The Hall–Kier alpha value is -0.890. The molecule has 1 aromatic rings. The largest absolute Gasteiger partial charge is 0.377 e. The van der Waals surface area contributed by atoms with Crippen LogP contribution in [0.2, 0.25) is 0 Å². The molecule has 1 aromatic carbocycles. The van der Waals surface area contributed by atoms with Gasteiger partial charge in [0.05, 0.1) is 6.10 Å². The first-order valence-electron chi connectivity index (χ1n) is 8.70. The first kappa shape index (κ1) is 22.2. The molecule has 0 saturated carbocycles. The summed E-state index contributed by atoms with van der Waals surface area (Å²) in [6.07, 6.45) is 2.52. The van der Waals surface area contributed by atoms with Crippen molar-refractivity contribution in [1.29, 1.82) is 0 Å². The molecule has 0 radical (unpaired) electrons. The van der Waals surface area contributed by atoms with Crippen molar-refractivity contribution in [3.63, 3.8) is 0 Å². The van der Waals surface area contributed by atoms with Crippen LogP contribution in [0, 0.1) is 17.2 Å². The second-order valence-corrected chi connectivity index (χ2v) is 7.50. The predicted molar refractivity (Wildman–Crippen MR) is 112 cm³/mol. The van der Waals surface area contributed by atoms with Crippen LogP contribution in [-0.4, -0.2) is 32.3 Å². The number of aliphatic imine (C=N–C) groups is 1. The van der Waals surface area contributed by atoms with Gasteiger partial charge in [-0.15, -0.1) is 24.0 Å². The van der Waals surface area contributed by atoms with Crippen LogP contribution in [-0.2, 0) is 11.3 Å². The Balaban J connectivity index is 0.00000312. The van der Waals surface area contributed by atoms with Gasteiger partial charge in [-0.3, -0.25) is 4.99 Å². The Morgan fingerprint density at radius 3 is 2.72 bits per heavy atom. The summed E-state index contributed by atoms with van der Waals surface area (Å²) in [5, 5.41) is 6.63. The summed E-state index contributed by atoms with van der Waals surface area (Å²) < 4.78 is 19.3. The van der Waals surface area contributed by atoms with Gasteiger partial charge in [0, 0.05) is 32.7 Å². The molecule has 25 heavy (non-hydrogen) atoms. The van der Waals surface area contributed by atoms with Gasteiger partial charge in [0.1, 0.15) is 5.82 Å². The molecule has 0 bridgehead atoms. The van der Waals surface area contributed by atoms with E-state index < -0.39 is 0 Å². The second kappa shape index (κ2) is 10.3. The maximum atomic E-state index is 13.2. The first-order valence-corrected chi connectivity index (χ1v) is 8.70. The molecule has 2 atom stereocenters. The summed E-state index contributed by atoms with van der Waals surface area (Å²) in [7, 11) is 1.75. The van der Waals surface area contributed by atoms with Gasteiger partial charge in [-0.25, -0.2) is 4.39 Å². The third kappa shape index (κ3) is 7.09. The number of guanidine groups is 1. The average molecular weight is 463 g/mol. The molecule has 0 aromatic heterocycles. The van der Waals surface area contributed by atoms with E-state index in [0.717, 1.165) is 37.5 Å². The van der Waals surface area contributed by atoms with Crippen molar-refractivity contribution in [1.82, 2.24) is 10.6 Å². The number of rotatable bonds is 4. The van der Waals surface area contributed by atoms with Crippen LogP contribution in [0.15, 0.2) is 29.3 Å². The normalized spacial score (nSPS) is 21.4. The molecule has 0 amide bonds. The summed E-state index contributed by atoms with van der Waals surface area (Å²) >= 11 is 0. The van der Waals surface area contributed by atoms with E-state index in [9.17, 15) is 4.39 Å². The van der Waals surface area contributed by atoms with E-state index in [2.05, 4.69) is 36.4 Å². The van der Waals surface area contributed by atoms with E-state index >= 15 is 0 Å². The average Bonchev–Trinajstić information content (AvgIpc) is 2.54. The number of halogens is 2. The Bertz CT molecular complexity index is 560. The lowest BCUT2D eigenvalue weighted by Crippen LogP contribution is -2.47. The van der Waals surface area contributed by atoms with E-state index in [0.29, 0.717) is 12.5 Å². The van der Waals surface area contributed by atoms with E-state index in [1.807, 2.05) is 6.07 Å². The fourth-order valence-corrected chi connectivity index (χ4v) is 3.29. The molecular formula is C19H31FIN3O. The van der Waals surface area contributed by atoms with Gasteiger partial charge in [-0.2, -0.15) is 0 Å². The third-order valence-electron chi connectivity index (χ3n) is 4.40. The number of hydrogen-bond acceptors (Lipinski definition) is 2. The van der Waals surface area contributed by atoms with Crippen LogP contribution in [0.4, 0.5) is 4.39 Å². The highest BCUT2D eigenvalue weighted by Gasteiger charge is 2.35. The highest BCUT2D eigenvalue weighted by atomic mass is 127. The van der Waals surface area contributed by atoms with Crippen molar-refractivity contribution in [3.05, 3.63) is 35.6 Å². The molecular weight excluding hydrogens is 432 g/mol. The Morgan fingerprint density at radius 1 is 1.32 bits per heavy atom. The second-order valence-electron chi connectivity index (χ2n) is 7.50. The number of ether oxygens (including phenoxy) is 1. The van der Waals surface area contributed by atoms with Gasteiger partial charge < -0.3 is 15.4 Å². The fourth-order valence-electron chi connectivity index (χ4n) is 3.29. The summed E-state index contributed by atoms with van der Waals surface area (Å²) in [6.45, 7) is 8.91. The maximum Gasteiger partial charge on any atom is 0.191 e. The topological polar surface area (TPSA) is 45.7 Å². The zero-order valence-electron chi connectivity index (χ0n) is 15.6. The quantitative estimate of drug-likeness (QED) is 0.404. The van der Waals surface area contributed by atoms with Crippen molar-refractivity contribution in [2.75, 3.05) is 20.2 Å². The van der Waals surface area contributed by atoms with Gasteiger partial charge in [-0.05, 0) is 36.0 Å². The molecule has 1 aliphatic rings. The molecule has 1 fully saturated rings. The van der Waals surface area contributed by atoms with Crippen molar-refractivity contribution < 1.29 is 9.13 Å². The maximum absolute atomic E-state index is 13.2. The van der Waals surface area contributed by atoms with Crippen LogP contribution in [0.1, 0.15) is 39.2 Å². The monoisotopic (exact) mass is 463 g/mol. The molecule has 4 nitrogen and oxygen atoms in total. The van der Waals surface area contributed by atoms with Crippen LogP contribution in [0.5, 0.6) is 0 Å². The van der Waals surface area contributed by atoms with Crippen LogP contribution >= 0.6 is 24.0 Å². The first-order chi connectivity index (χ1) is 11.4. The van der Waals surface area contributed by atoms with E-state index in [1.165, 1.54) is 12.1 Å². The molecule has 2 N–H and O–H groups in total. The zero-order chi connectivity index (χ0) is 17.6. The molecule has 6 heteroatoms. The number of nitrogens with one attached hydrogen (secondary N) is 2. The summed E-state index contributed by atoms with van der Waals surface area (Å²) in [6, 6.07) is 6.60. The highest BCUT2D eigenvalue weighted by Crippen LogP contribution is 2.33. The van der Waals surface area contributed by atoms with Gasteiger partial charge in [0.25, 0.3) is 0 Å². The van der Waals surface area contributed by atoms with E-state index in [4.69, 9.17) is 4.74 Å². The van der Waals surface area contributed by atoms with E-state index in [1.54, 1.807) is 13.1 Å². The van der Waals surface area contributed by atoms with Crippen LogP contribution in [0.3, 0.4) is 0 Å². The van der Waals surface area contributed by atoms with Crippen LogP contribution in [0.25, 0.3) is 0 Å². The molecule has 1 saturated heterocycles. The van der Waals surface area contributed by atoms with Gasteiger partial charge in [-0.1, -0.05) is 32.9 Å². The molecule has 0 spiro atoms. The molecule has 0 aliphatic carbocycles. The summed E-state index contributed by atoms with van der Waals surface area (Å²) in [5.74, 6) is 0.980. The SMILES string of the molecule is CN=C(NCc1cccc(F)c1)NCC1CCCOC1C(C)(C)C.I. The lowest BCUT2D eigenvalue weighted by molar-refractivity contribution is -0.0835. The minimum atomic E-state index is -0.218. The Labute approximate surface area is 168 Å². The Kier molecular flexibility index (Phi) is 9.13. The zero-order valence-corrected chi connectivity index (χ0v) is 18.0. The standard InChI is InChI=1S/C19H30FN3O.HI/c1-19(2,3)17-15(8-6-10-24-17)13-23-18(21-4)22-12-14-7-5-9-16(20)11-14;/h5,7,9,11,15,17H,6,8,10,12-13H2,1-4H3,(H2,21,22,23);1H.